The molecule has 35 heavy (non-hydrogen) atoms. The topological polar surface area (TPSA) is 60.9 Å². The second-order valence-corrected chi connectivity index (χ2v) is 13.5. The van der Waals surface area contributed by atoms with Crippen molar-refractivity contribution in [2.24, 2.45) is 11.3 Å². The number of hydrogen-bond acceptors (Lipinski definition) is 6. The molecule has 0 aromatic heterocycles. The number of thiocarbonyl (C=S) groups is 1. The molecule has 1 aliphatic carbocycles. The Morgan fingerprint density at radius 2 is 2.00 bits per heavy atom. The molecule has 0 saturated carbocycles. The highest BCUT2D eigenvalue weighted by molar-refractivity contribution is 8.26. The zero-order chi connectivity index (χ0) is 25.7. The summed E-state index contributed by atoms with van der Waals surface area (Å²) >= 11 is 14.6. The van der Waals surface area contributed by atoms with Crippen molar-refractivity contribution in [2.75, 3.05) is 11.9 Å². The Balaban J connectivity index is 1.69. The van der Waals surface area contributed by atoms with Gasteiger partial charge in [0, 0.05) is 17.0 Å². The standard InChI is InChI=1S/C26H29ClN2O3S3/c1-14(2)8-19(24(31)32)29-23(30)22(35-25(29)33)16-9-15(12-26(3,4)13-16)10-21-28(5)18-11-17(27)6-7-20(18)34-21/h6-7,9-11,14,19H,8,12-13H2,1-5H3,(H,31,32)/b21-10-,22-16+. The fraction of sp³-hybridized carbons (Fsp3) is 0.423. The van der Waals surface area contributed by atoms with Gasteiger partial charge >= 0.3 is 5.97 Å². The predicted molar refractivity (Wildman–Crippen MR) is 150 cm³/mol. The summed E-state index contributed by atoms with van der Waals surface area (Å²) in [6.07, 6.45) is 6.23. The Labute approximate surface area is 225 Å². The Kier molecular flexibility index (Phi) is 7.49. The third-order valence-corrected chi connectivity index (χ3v) is 9.09. The average Bonchev–Trinajstić information content (AvgIpc) is 3.20. The number of amides is 1. The lowest BCUT2D eigenvalue weighted by Gasteiger charge is -2.31. The number of thioether (sulfide) groups is 2. The van der Waals surface area contributed by atoms with E-state index in [1.165, 1.54) is 16.7 Å². The smallest absolute Gasteiger partial charge is 0.326 e. The fourth-order valence-electron chi connectivity index (χ4n) is 4.73. The van der Waals surface area contributed by atoms with Crippen LogP contribution in [-0.4, -0.2) is 39.3 Å². The SMILES string of the molecule is CC(C)CC(C(=O)O)N1C(=O)/C(=C2C=C(/C=C3\Sc4ccc(Cl)cc4N3C)CC(C)(C)C/2)SC1=S. The van der Waals surface area contributed by atoms with Crippen molar-refractivity contribution in [3.8, 4) is 0 Å². The first-order valence-electron chi connectivity index (χ1n) is 11.5. The van der Waals surface area contributed by atoms with Gasteiger partial charge in [-0.3, -0.25) is 9.69 Å². The van der Waals surface area contributed by atoms with E-state index in [1.807, 2.05) is 39.1 Å². The van der Waals surface area contributed by atoms with E-state index in [-0.39, 0.29) is 17.2 Å². The van der Waals surface area contributed by atoms with E-state index in [4.69, 9.17) is 23.8 Å². The molecule has 0 radical (unpaired) electrons. The molecule has 1 fully saturated rings. The molecule has 186 valence electrons. The van der Waals surface area contributed by atoms with Gasteiger partial charge in [-0.25, -0.2) is 4.79 Å². The van der Waals surface area contributed by atoms with E-state index in [9.17, 15) is 14.7 Å². The molecule has 1 aromatic rings. The van der Waals surface area contributed by atoms with Crippen LogP contribution in [0, 0.1) is 11.3 Å². The molecule has 9 heteroatoms. The van der Waals surface area contributed by atoms with Crippen LogP contribution in [0.25, 0.3) is 0 Å². The minimum atomic E-state index is -1.02. The third-order valence-electron chi connectivity index (χ3n) is 6.23. The molecule has 1 aromatic carbocycles. The summed E-state index contributed by atoms with van der Waals surface area (Å²) < 4.78 is 0.320. The summed E-state index contributed by atoms with van der Waals surface area (Å²) in [4.78, 5) is 30.6. The van der Waals surface area contributed by atoms with Crippen molar-refractivity contribution < 1.29 is 14.7 Å². The van der Waals surface area contributed by atoms with Crippen LogP contribution in [0.4, 0.5) is 5.69 Å². The molecule has 1 N–H and O–H groups in total. The maximum Gasteiger partial charge on any atom is 0.326 e. The van der Waals surface area contributed by atoms with Gasteiger partial charge < -0.3 is 10.0 Å². The minimum Gasteiger partial charge on any atom is -0.480 e. The minimum absolute atomic E-state index is 0.0541. The molecule has 1 atom stereocenters. The van der Waals surface area contributed by atoms with Gasteiger partial charge in [-0.15, -0.1) is 0 Å². The van der Waals surface area contributed by atoms with E-state index < -0.39 is 12.0 Å². The number of benzene rings is 1. The first kappa shape index (κ1) is 26.3. The normalized spacial score (nSPS) is 23.9. The monoisotopic (exact) mass is 548 g/mol. The van der Waals surface area contributed by atoms with Crippen molar-refractivity contribution in [3.05, 3.63) is 56.5 Å². The molecule has 4 rings (SSSR count). The van der Waals surface area contributed by atoms with E-state index in [0.717, 1.165) is 39.6 Å². The Morgan fingerprint density at radius 3 is 2.66 bits per heavy atom. The number of anilines is 1. The first-order chi connectivity index (χ1) is 16.4. The Hall–Kier alpha value is -1.74. The van der Waals surface area contributed by atoms with Gasteiger partial charge in [0.2, 0.25) is 0 Å². The Bertz CT molecular complexity index is 1200. The van der Waals surface area contributed by atoms with Crippen molar-refractivity contribution in [1.82, 2.24) is 4.90 Å². The summed E-state index contributed by atoms with van der Waals surface area (Å²) in [6.45, 7) is 8.28. The van der Waals surface area contributed by atoms with Gasteiger partial charge in [0.1, 0.15) is 10.4 Å². The highest BCUT2D eigenvalue weighted by atomic mass is 35.5. The lowest BCUT2D eigenvalue weighted by Crippen LogP contribution is -2.44. The van der Waals surface area contributed by atoms with E-state index >= 15 is 0 Å². The van der Waals surface area contributed by atoms with Crippen molar-refractivity contribution >= 4 is 69.2 Å². The predicted octanol–water partition coefficient (Wildman–Crippen LogP) is 7.08. The van der Waals surface area contributed by atoms with Crippen molar-refractivity contribution in [3.63, 3.8) is 0 Å². The maximum atomic E-state index is 13.5. The van der Waals surface area contributed by atoms with E-state index in [1.54, 1.807) is 11.8 Å². The van der Waals surface area contributed by atoms with Crippen LogP contribution in [0.15, 0.2) is 56.3 Å². The number of aliphatic carboxylic acids is 1. The highest BCUT2D eigenvalue weighted by Gasteiger charge is 2.42. The van der Waals surface area contributed by atoms with Crippen LogP contribution in [0.2, 0.25) is 5.02 Å². The van der Waals surface area contributed by atoms with Crippen molar-refractivity contribution in [2.45, 2.75) is 57.9 Å². The summed E-state index contributed by atoms with van der Waals surface area (Å²) in [5.41, 5.74) is 3.08. The number of nitrogens with zero attached hydrogens (tertiary/aromatic N) is 2. The molecule has 1 amide bonds. The van der Waals surface area contributed by atoms with Crippen molar-refractivity contribution in [1.29, 1.82) is 0 Å². The van der Waals surface area contributed by atoms with Crippen LogP contribution in [0.5, 0.6) is 0 Å². The molecule has 0 bridgehead atoms. The lowest BCUT2D eigenvalue weighted by molar-refractivity contribution is -0.145. The van der Waals surface area contributed by atoms with Crippen LogP contribution < -0.4 is 4.90 Å². The zero-order valence-corrected chi connectivity index (χ0v) is 23.6. The van der Waals surface area contributed by atoms with Crippen LogP contribution >= 0.6 is 47.3 Å². The molecule has 1 unspecified atom stereocenters. The van der Waals surface area contributed by atoms with Gasteiger partial charge in [-0.05, 0) is 66.0 Å². The van der Waals surface area contributed by atoms with E-state index in [0.29, 0.717) is 20.7 Å². The summed E-state index contributed by atoms with van der Waals surface area (Å²) in [6, 6.07) is 4.95. The van der Waals surface area contributed by atoms with Gasteiger partial charge in [-0.2, -0.15) is 0 Å². The Morgan fingerprint density at radius 1 is 1.29 bits per heavy atom. The molecular weight excluding hydrogens is 520 g/mol. The quantitative estimate of drug-likeness (QED) is 0.311. The van der Waals surface area contributed by atoms with Crippen LogP contribution in [0.1, 0.15) is 47.0 Å². The van der Waals surface area contributed by atoms with Gasteiger partial charge in [0.05, 0.1) is 15.6 Å². The number of rotatable bonds is 5. The molecule has 5 nitrogen and oxygen atoms in total. The first-order valence-corrected chi connectivity index (χ1v) is 13.9. The molecule has 1 saturated heterocycles. The molecule has 0 spiro atoms. The van der Waals surface area contributed by atoms with Crippen LogP contribution in [-0.2, 0) is 9.59 Å². The number of halogens is 1. The third kappa shape index (κ3) is 5.50. The maximum absolute atomic E-state index is 13.5. The number of allylic oxidation sites excluding steroid dienone is 4. The molecular formula is C26H29ClN2O3S3. The second kappa shape index (κ2) is 9.96. The summed E-state index contributed by atoms with van der Waals surface area (Å²) in [7, 11) is 2.03. The largest absolute Gasteiger partial charge is 0.480 e. The molecule has 2 aliphatic heterocycles. The number of carboxylic acid groups (broad SMARTS) is 1. The highest BCUT2D eigenvalue weighted by Crippen LogP contribution is 2.49. The average molecular weight is 549 g/mol. The number of hydrogen-bond donors (Lipinski definition) is 1. The van der Waals surface area contributed by atoms with Gasteiger partial charge in [-0.1, -0.05) is 81.1 Å². The number of fused-ring (bicyclic) bond motifs is 1. The fourth-order valence-corrected chi connectivity index (χ4v) is 7.39. The second-order valence-electron chi connectivity index (χ2n) is 10.4. The number of carbonyl (C=O) groups is 2. The zero-order valence-electron chi connectivity index (χ0n) is 20.4. The summed E-state index contributed by atoms with van der Waals surface area (Å²) in [5, 5.41) is 11.6. The van der Waals surface area contributed by atoms with Gasteiger partial charge in [0.15, 0.2) is 0 Å². The molecule has 3 aliphatic rings. The number of carbonyl (C=O) groups excluding carboxylic acids is 1. The summed E-state index contributed by atoms with van der Waals surface area (Å²) in [5.74, 6) is -1.19. The molecule has 2 heterocycles. The number of carboxylic acids is 1. The lowest BCUT2D eigenvalue weighted by atomic mass is 9.75. The van der Waals surface area contributed by atoms with Crippen LogP contribution in [0.3, 0.4) is 0 Å². The van der Waals surface area contributed by atoms with Gasteiger partial charge in [0.25, 0.3) is 5.91 Å². The van der Waals surface area contributed by atoms with E-state index in [2.05, 4.69) is 30.9 Å².